The Morgan fingerprint density at radius 2 is 2.11 bits per heavy atom. The molecule has 0 atom stereocenters. The first kappa shape index (κ1) is 11.9. The third-order valence-electron chi connectivity index (χ3n) is 3.57. The van der Waals surface area contributed by atoms with E-state index in [0.29, 0.717) is 11.6 Å². The molecule has 96 valence electrons. The van der Waals surface area contributed by atoms with Gasteiger partial charge in [-0.05, 0) is 55.6 Å². The van der Waals surface area contributed by atoms with Gasteiger partial charge in [-0.15, -0.1) is 0 Å². The van der Waals surface area contributed by atoms with Gasteiger partial charge in [-0.25, -0.2) is 4.98 Å². The van der Waals surface area contributed by atoms with Crippen molar-refractivity contribution in [2.75, 3.05) is 18.4 Å². The molecular weight excluding hydrogens is 236 g/mol. The predicted octanol–water partition coefficient (Wildman–Crippen LogP) is 2.27. The average Bonchev–Trinajstić information content (AvgIpc) is 2.48. The Morgan fingerprint density at radius 3 is 2.89 bits per heavy atom. The largest absolute Gasteiger partial charge is 0.367 e. The minimum absolute atomic E-state index is 0.481. The van der Waals surface area contributed by atoms with Crippen LogP contribution in [0.5, 0.6) is 0 Å². The number of piperidine rings is 1. The van der Waals surface area contributed by atoms with Crippen LogP contribution in [0.1, 0.15) is 18.4 Å². The number of fused-ring (bicyclic) bond motifs is 1. The fourth-order valence-corrected chi connectivity index (χ4v) is 2.52. The van der Waals surface area contributed by atoms with Crippen LogP contribution < -0.4 is 10.6 Å². The van der Waals surface area contributed by atoms with E-state index in [-0.39, 0.29) is 0 Å². The van der Waals surface area contributed by atoms with Gasteiger partial charge in [0.15, 0.2) is 0 Å². The van der Waals surface area contributed by atoms with Crippen LogP contribution in [0, 0.1) is 11.3 Å². The van der Waals surface area contributed by atoms with Crippen molar-refractivity contribution >= 4 is 16.6 Å². The van der Waals surface area contributed by atoms with E-state index in [1.54, 1.807) is 6.20 Å². The van der Waals surface area contributed by atoms with Crippen molar-refractivity contribution in [3.8, 4) is 6.07 Å². The quantitative estimate of drug-likeness (QED) is 0.860. The van der Waals surface area contributed by atoms with Gasteiger partial charge in [0.05, 0.1) is 11.6 Å². The topological polar surface area (TPSA) is 60.7 Å². The molecule has 0 saturated carbocycles. The van der Waals surface area contributed by atoms with E-state index in [4.69, 9.17) is 5.26 Å². The lowest BCUT2D eigenvalue weighted by molar-refractivity contribution is 0.478. The highest BCUT2D eigenvalue weighted by atomic mass is 15.0. The molecular formula is C15H16N4. The monoisotopic (exact) mass is 252 g/mol. The van der Waals surface area contributed by atoms with Crippen LogP contribution in [0.4, 0.5) is 5.82 Å². The van der Waals surface area contributed by atoms with Crippen LogP contribution in [0.25, 0.3) is 10.8 Å². The Labute approximate surface area is 112 Å². The minimum Gasteiger partial charge on any atom is -0.367 e. The molecule has 1 aliphatic heterocycles. The van der Waals surface area contributed by atoms with Gasteiger partial charge in [0.1, 0.15) is 5.82 Å². The molecule has 0 aliphatic carbocycles. The molecule has 4 nitrogen and oxygen atoms in total. The first-order chi connectivity index (χ1) is 9.36. The molecule has 1 fully saturated rings. The fraction of sp³-hybridized carbons (Fsp3) is 0.333. The molecule has 0 bridgehead atoms. The number of rotatable bonds is 2. The minimum atomic E-state index is 0.481. The highest BCUT2D eigenvalue weighted by Gasteiger charge is 2.14. The molecule has 0 spiro atoms. The second kappa shape index (κ2) is 5.25. The Hall–Kier alpha value is -2.12. The van der Waals surface area contributed by atoms with Gasteiger partial charge in [-0.3, -0.25) is 0 Å². The molecule has 2 N–H and O–H groups in total. The van der Waals surface area contributed by atoms with Gasteiger partial charge in [-0.2, -0.15) is 5.26 Å². The number of hydrogen-bond acceptors (Lipinski definition) is 4. The number of nitrogens with zero attached hydrogens (tertiary/aromatic N) is 2. The molecule has 0 radical (unpaired) electrons. The van der Waals surface area contributed by atoms with Crippen LogP contribution >= 0.6 is 0 Å². The third-order valence-corrected chi connectivity index (χ3v) is 3.57. The summed E-state index contributed by atoms with van der Waals surface area (Å²) in [5.41, 5.74) is 0.687. The van der Waals surface area contributed by atoms with Crippen LogP contribution in [0.15, 0.2) is 30.5 Å². The summed E-state index contributed by atoms with van der Waals surface area (Å²) in [5.74, 6) is 0.925. The van der Waals surface area contributed by atoms with E-state index in [1.165, 1.54) is 0 Å². The smallest absolute Gasteiger partial charge is 0.134 e. The number of benzene rings is 1. The first-order valence-electron chi connectivity index (χ1n) is 6.63. The summed E-state index contributed by atoms with van der Waals surface area (Å²) in [6.45, 7) is 2.11. The highest BCUT2D eigenvalue weighted by Crippen LogP contribution is 2.23. The highest BCUT2D eigenvalue weighted by molar-refractivity contribution is 5.92. The van der Waals surface area contributed by atoms with Gasteiger partial charge in [0.25, 0.3) is 0 Å². The van der Waals surface area contributed by atoms with Gasteiger partial charge in [0.2, 0.25) is 0 Å². The Morgan fingerprint density at radius 1 is 1.26 bits per heavy atom. The van der Waals surface area contributed by atoms with E-state index >= 15 is 0 Å². The molecule has 1 aliphatic rings. The molecule has 3 rings (SSSR count). The van der Waals surface area contributed by atoms with Crippen LogP contribution in [-0.4, -0.2) is 24.1 Å². The number of pyridine rings is 1. The molecule has 0 amide bonds. The summed E-state index contributed by atoms with van der Waals surface area (Å²) in [6, 6.07) is 10.3. The zero-order chi connectivity index (χ0) is 13.1. The van der Waals surface area contributed by atoms with Gasteiger partial charge < -0.3 is 10.6 Å². The lowest BCUT2D eigenvalue weighted by atomic mass is 10.1. The van der Waals surface area contributed by atoms with Crippen molar-refractivity contribution in [3.63, 3.8) is 0 Å². The lowest BCUT2D eigenvalue weighted by Crippen LogP contribution is -2.35. The van der Waals surface area contributed by atoms with Crippen molar-refractivity contribution < 1.29 is 0 Å². The molecule has 19 heavy (non-hydrogen) atoms. The zero-order valence-corrected chi connectivity index (χ0v) is 10.7. The number of aromatic nitrogens is 1. The van der Waals surface area contributed by atoms with Crippen molar-refractivity contribution in [3.05, 3.63) is 36.0 Å². The van der Waals surface area contributed by atoms with Crippen LogP contribution in [-0.2, 0) is 0 Å². The van der Waals surface area contributed by atoms with Crippen molar-refractivity contribution in [2.24, 2.45) is 0 Å². The maximum atomic E-state index is 8.94. The zero-order valence-electron chi connectivity index (χ0n) is 10.7. The summed E-state index contributed by atoms with van der Waals surface area (Å²) in [5, 5.41) is 18.0. The molecule has 4 heteroatoms. The molecule has 0 unspecified atom stereocenters. The average molecular weight is 252 g/mol. The maximum absolute atomic E-state index is 8.94. The summed E-state index contributed by atoms with van der Waals surface area (Å²) in [7, 11) is 0. The molecule has 2 heterocycles. The van der Waals surface area contributed by atoms with Crippen molar-refractivity contribution in [1.29, 1.82) is 5.26 Å². The molecule has 1 aromatic heterocycles. The van der Waals surface area contributed by atoms with Gasteiger partial charge >= 0.3 is 0 Å². The molecule has 2 aromatic rings. The second-order valence-electron chi connectivity index (χ2n) is 4.88. The number of nitriles is 1. The number of nitrogens with one attached hydrogen (secondary N) is 2. The van der Waals surface area contributed by atoms with Crippen molar-refractivity contribution in [1.82, 2.24) is 10.3 Å². The molecule has 1 aromatic carbocycles. The SMILES string of the molecule is N#Cc1ccc2c(NC3CCNCC3)nccc2c1. The summed E-state index contributed by atoms with van der Waals surface area (Å²) < 4.78 is 0. The lowest BCUT2D eigenvalue weighted by Gasteiger charge is -2.24. The van der Waals surface area contributed by atoms with E-state index < -0.39 is 0 Å². The Kier molecular flexibility index (Phi) is 3.30. The van der Waals surface area contributed by atoms with Gasteiger partial charge in [-0.1, -0.05) is 0 Å². The normalized spacial score (nSPS) is 16.2. The summed E-state index contributed by atoms with van der Waals surface area (Å²) in [6.07, 6.45) is 4.04. The Bertz CT molecular complexity index is 624. The van der Waals surface area contributed by atoms with Crippen LogP contribution in [0.3, 0.4) is 0 Å². The first-order valence-corrected chi connectivity index (χ1v) is 6.63. The van der Waals surface area contributed by atoms with E-state index in [9.17, 15) is 0 Å². The summed E-state index contributed by atoms with van der Waals surface area (Å²) >= 11 is 0. The van der Waals surface area contributed by atoms with Crippen LogP contribution in [0.2, 0.25) is 0 Å². The van der Waals surface area contributed by atoms with E-state index in [1.807, 2.05) is 24.3 Å². The summed E-state index contributed by atoms with van der Waals surface area (Å²) in [4.78, 5) is 4.44. The predicted molar refractivity (Wildman–Crippen MR) is 76.0 cm³/mol. The van der Waals surface area contributed by atoms with E-state index in [0.717, 1.165) is 42.5 Å². The standard InChI is InChI=1S/C15H16N4/c16-10-11-1-2-14-12(9-11)3-8-18-15(14)19-13-4-6-17-7-5-13/h1-3,8-9,13,17H,4-7H2,(H,18,19). The maximum Gasteiger partial charge on any atom is 0.134 e. The Balaban J connectivity index is 1.92. The number of anilines is 1. The third kappa shape index (κ3) is 2.51. The fourth-order valence-electron chi connectivity index (χ4n) is 2.52. The van der Waals surface area contributed by atoms with Gasteiger partial charge in [0, 0.05) is 17.6 Å². The number of hydrogen-bond donors (Lipinski definition) is 2. The van der Waals surface area contributed by atoms with Crippen molar-refractivity contribution in [2.45, 2.75) is 18.9 Å². The van der Waals surface area contributed by atoms with E-state index in [2.05, 4.69) is 21.7 Å². The second-order valence-corrected chi connectivity index (χ2v) is 4.88. The molecule has 1 saturated heterocycles.